The van der Waals surface area contributed by atoms with E-state index in [1.807, 2.05) is 30.9 Å². The average Bonchev–Trinajstić information content (AvgIpc) is 2.46. The Morgan fingerprint density at radius 3 is 2.27 bits per heavy atom. The van der Waals surface area contributed by atoms with Crippen molar-refractivity contribution in [2.45, 2.75) is 19.9 Å². The van der Waals surface area contributed by atoms with Crippen LogP contribution in [-0.4, -0.2) is 48.0 Å². The molecule has 1 aliphatic rings. The Morgan fingerprint density at radius 2 is 1.82 bits per heavy atom. The predicted molar refractivity (Wildman–Crippen MR) is 95.3 cm³/mol. The summed E-state index contributed by atoms with van der Waals surface area (Å²) in [6, 6.07) is 3.63. The molecule has 2 rings (SSSR count). The molecule has 2 unspecified atom stereocenters. The summed E-state index contributed by atoms with van der Waals surface area (Å²) >= 11 is 5.83. The van der Waals surface area contributed by atoms with Crippen LogP contribution < -0.4 is 10.6 Å². The Bertz CT molecular complexity index is 462. The highest BCUT2D eigenvalue weighted by Gasteiger charge is 2.26. The summed E-state index contributed by atoms with van der Waals surface area (Å²) in [5.74, 6) is 0.917. The third kappa shape index (κ3) is 5.16. The first-order chi connectivity index (χ1) is 9.49. The summed E-state index contributed by atoms with van der Waals surface area (Å²) < 4.78 is 0. The maximum Gasteiger partial charge on any atom is 0.227 e. The molecule has 1 aromatic heterocycles. The normalized spacial score (nSPS) is 17.1. The van der Waals surface area contributed by atoms with Crippen LogP contribution in [0.25, 0.3) is 0 Å². The number of nitrogens with two attached hydrogens (primary N) is 1. The third-order valence-corrected chi connectivity index (χ3v) is 4.03. The van der Waals surface area contributed by atoms with E-state index in [2.05, 4.69) is 9.88 Å². The van der Waals surface area contributed by atoms with Gasteiger partial charge in [-0.3, -0.25) is 4.79 Å². The molecule has 2 N–H and O–H groups in total. The molecule has 0 aromatic carbocycles. The molecule has 8 heteroatoms. The number of nitrogens with zero attached hydrogens (tertiary/aromatic N) is 3. The molecule has 0 radical (unpaired) electrons. The SMILES string of the molecule is CC(N)C(C)C(=O)N1CCN(c2ccc(Cl)cn2)CC1.Cl.Cl. The number of hydrogen-bond donors (Lipinski definition) is 1. The van der Waals surface area contributed by atoms with Crippen molar-refractivity contribution in [2.75, 3.05) is 31.1 Å². The zero-order chi connectivity index (χ0) is 14.7. The van der Waals surface area contributed by atoms with Crippen molar-refractivity contribution in [1.29, 1.82) is 0 Å². The number of pyridine rings is 1. The standard InChI is InChI=1S/C14H21ClN4O.2ClH/c1-10(11(2)16)14(20)19-7-5-18(6-8-19)13-4-3-12(15)9-17-13;;/h3-4,9-11H,5-8,16H2,1-2H3;2*1H. The van der Waals surface area contributed by atoms with Gasteiger partial charge in [0.15, 0.2) is 0 Å². The van der Waals surface area contributed by atoms with Crippen molar-refractivity contribution in [3.63, 3.8) is 0 Å². The molecule has 0 bridgehead atoms. The first kappa shape index (κ1) is 21.2. The first-order valence-corrected chi connectivity index (χ1v) is 7.27. The monoisotopic (exact) mass is 368 g/mol. The van der Waals surface area contributed by atoms with Gasteiger partial charge in [-0.2, -0.15) is 0 Å². The number of amides is 1. The van der Waals surface area contributed by atoms with Gasteiger partial charge in [-0.1, -0.05) is 18.5 Å². The Balaban J connectivity index is 0.00000220. The summed E-state index contributed by atoms with van der Waals surface area (Å²) in [5, 5.41) is 0.633. The maximum absolute atomic E-state index is 12.2. The minimum absolute atomic E-state index is 0. The van der Waals surface area contributed by atoms with Crippen LogP contribution in [0.4, 0.5) is 5.82 Å². The summed E-state index contributed by atoms with van der Waals surface area (Å²) in [5.41, 5.74) is 5.80. The van der Waals surface area contributed by atoms with Gasteiger partial charge in [-0.15, -0.1) is 24.8 Å². The maximum atomic E-state index is 12.2. The summed E-state index contributed by atoms with van der Waals surface area (Å²) in [6.07, 6.45) is 1.65. The van der Waals surface area contributed by atoms with Gasteiger partial charge in [0.1, 0.15) is 5.82 Å². The minimum Gasteiger partial charge on any atom is -0.353 e. The molecule has 1 aromatic rings. The second kappa shape index (κ2) is 9.40. The van der Waals surface area contributed by atoms with E-state index in [1.54, 1.807) is 6.20 Å². The quantitative estimate of drug-likeness (QED) is 0.887. The second-order valence-corrected chi connectivity index (χ2v) is 5.73. The zero-order valence-corrected chi connectivity index (χ0v) is 15.1. The molecular formula is C14H23Cl3N4O. The Morgan fingerprint density at radius 1 is 1.23 bits per heavy atom. The predicted octanol–water partition coefficient (Wildman–Crippen LogP) is 2.21. The van der Waals surface area contributed by atoms with Crippen LogP contribution in [0.15, 0.2) is 18.3 Å². The van der Waals surface area contributed by atoms with Gasteiger partial charge in [0.2, 0.25) is 5.91 Å². The minimum atomic E-state index is -0.129. The highest BCUT2D eigenvalue weighted by Crippen LogP contribution is 2.17. The summed E-state index contributed by atoms with van der Waals surface area (Å²) in [6.45, 7) is 6.75. The lowest BCUT2D eigenvalue weighted by atomic mass is 10.0. The number of carbonyl (C=O) groups is 1. The molecular weight excluding hydrogens is 347 g/mol. The van der Waals surface area contributed by atoms with Crippen molar-refractivity contribution >= 4 is 48.1 Å². The van der Waals surface area contributed by atoms with Gasteiger partial charge < -0.3 is 15.5 Å². The summed E-state index contributed by atoms with van der Waals surface area (Å²) in [4.78, 5) is 20.6. The lowest BCUT2D eigenvalue weighted by Crippen LogP contribution is -2.52. The van der Waals surface area contributed by atoms with Gasteiger partial charge in [-0.25, -0.2) is 4.98 Å². The number of hydrogen-bond acceptors (Lipinski definition) is 4. The zero-order valence-electron chi connectivity index (χ0n) is 12.7. The summed E-state index contributed by atoms with van der Waals surface area (Å²) in [7, 11) is 0. The van der Waals surface area contributed by atoms with Gasteiger partial charge in [-0.05, 0) is 19.1 Å². The lowest BCUT2D eigenvalue weighted by molar-refractivity contribution is -0.135. The highest BCUT2D eigenvalue weighted by atomic mass is 35.5. The van der Waals surface area contributed by atoms with E-state index in [-0.39, 0.29) is 42.7 Å². The van der Waals surface area contributed by atoms with Crippen molar-refractivity contribution in [1.82, 2.24) is 9.88 Å². The van der Waals surface area contributed by atoms with Crippen LogP contribution in [-0.2, 0) is 4.79 Å². The molecule has 2 heterocycles. The van der Waals surface area contributed by atoms with Crippen molar-refractivity contribution in [3.8, 4) is 0 Å². The van der Waals surface area contributed by atoms with Crippen LogP contribution in [0.5, 0.6) is 0 Å². The number of carbonyl (C=O) groups excluding carboxylic acids is 1. The molecule has 1 fully saturated rings. The largest absolute Gasteiger partial charge is 0.353 e. The van der Waals surface area contributed by atoms with Gasteiger partial charge in [0.25, 0.3) is 0 Å². The van der Waals surface area contributed by atoms with Crippen LogP contribution in [0, 0.1) is 5.92 Å². The highest BCUT2D eigenvalue weighted by molar-refractivity contribution is 6.30. The Labute approximate surface area is 149 Å². The number of halogens is 3. The molecule has 22 heavy (non-hydrogen) atoms. The van der Waals surface area contributed by atoms with Crippen LogP contribution in [0.2, 0.25) is 5.02 Å². The first-order valence-electron chi connectivity index (χ1n) is 6.90. The number of rotatable bonds is 3. The third-order valence-electron chi connectivity index (χ3n) is 3.81. The van der Waals surface area contributed by atoms with E-state index in [4.69, 9.17) is 17.3 Å². The van der Waals surface area contributed by atoms with E-state index in [0.29, 0.717) is 18.1 Å². The number of piperazine rings is 1. The molecule has 5 nitrogen and oxygen atoms in total. The van der Waals surface area contributed by atoms with Crippen molar-refractivity contribution in [2.24, 2.45) is 11.7 Å². The van der Waals surface area contributed by atoms with E-state index in [0.717, 1.165) is 18.9 Å². The smallest absolute Gasteiger partial charge is 0.227 e. The molecule has 1 saturated heterocycles. The van der Waals surface area contributed by atoms with Crippen LogP contribution in [0.1, 0.15) is 13.8 Å². The van der Waals surface area contributed by atoms with Crippen LogP contribution >= 0.6 is 36.4 Å². The van der Waals surface area contributed by atoms with Gasteiger partial charge >= 0.3 is 0 Å². The Kier molecular flexibility index (Phi) is 9.08. The molecule has 2 atom stereocenters. The fourth-order valence-corrected chi connectivity index (χ4v) is 2.34. The molecule has 126 valence electrons. The van der Waals surface area contributed by atoms with E-state index >= 15 is 0 Å². The molecule has 1 amide bonds. The number of anilines is 1. The fourth-order valence-electron chi connectivity index (χ4n) is 2.22. The molecule has 1 aliphatic heterocycles. The topological polar surface area (TPSA) is 62.5 Å². The van der Waals surface area contributed by atoms with Crippen molar-refractivity contribution < 1.29 is 4.79 Å². The average molecular weight is 370 g/mol. The van der Waals surface area contributed by atoms with Gasteiger partial charge in [0.05, 0.1) is 10.9 Å². The molecule has 0 spiro atoms. The van der Waals surface area contributed by atoms with Crippen LogP contribution in [0.3, 0.4) is 0 Å². The number of aromatic nitrogens is 1. The molecule has 0 saturated carbocycles. The van der Waals surface area contributed by atoms with E-state index in [1.165, 1.54) is 0 Å². The van der Waals surface area contributed by atoms with E-state index in [9.17, 15) is 4.79 Å². The Hall–Kier alpha value is -0.750. The van der Waals surface area contributed by atoms with Crippen molar-refractivity contribution in [3.05, 3.63) is 23.4 Å². The van der Waals surface area contributed by atoms with Gasteiger partial charge in [0, 0.05) is 38.4 Å². The fraction of sp³-hybridized carbons (Fsp3) is 0.571. The second-order valence-electron chi connectivity index (χ2n) is 5.29. The molecule has 0 aliphatic carbocycles. The van der Waals surface area contributed by atoms with E-state index < -0.39 is 0 Å². The lowest BCUT2D eigenvalue weighted by Gasteiger charge is -2.37.